The number of carbonyl (C=O) groups excluding carboxylic acids is 1. The molecule has 1 aromatic heterocycles. The minimum atomic E-state index is 0.273. The van der Waals surface area contributed by atoms with Crippen LogP contribution in [0.5, 0.6) is 0 Å². The molecule has 2 aliphatic rings. The normalized spacial score (nSPS) is 24.7. The standard InChI is InChI=1S/C21H28N2OS/c1-22(18-8-2-3-9-19(18)23-12-4-5-13-23)21(24)15-16-7-6-10-20-17(16)11-14-25-20/h6-7,10-11,14,18-19H,2-5,8-9,12-13,15H2,1H3/t18-,19-/m1/s1. The minimum Gasteiger partial charge on any atom is -0.341 e. The highest BCUT2D eigenvalue weighted by molar-refractivity contribution is 7.17. The van der Waals surface area contributed by atoms with E-state index >= 15 is 0 Å². The van der Waals surface area contributed by atoms with Crippen LogP contribution in [0.2, 0.25) is 0 Å². The summed E-state index contributed by atoms with van der Waals surface area (Å²) in [6, 6.07) is 9.44. The molecule has 2 aromatic rings. The van der Waals surface area contributed by atoms with Gasteiger partial charge in [0.15, 0.2) is 0 Å². The Balaban J connectivity index is 1.49. The molecule has 1 aromatic carbocycles. The first-order valence-electron chi connectivity index (χ1n) is 9.69. The summed E-state index contributed by atoms with van der Waals surface area (Å²) in [5.41, 5.74) is 1.17. The Labute approximate surface area is 154 Å². The van der Waals surface area contributed by atoms with Crippen molar-refractivity contribution in [2.45, 2.75) is 57.0 Å². The van der Waals surface area contributed by atoms with Gasteiger partial charge in [0.05, 0.1) is 6.42 Å². The fourth-order valence-electron chi connectivity index (χ4n) is 4.73. The lowest BCUT2D eigenvalue weighted by Gasteiger charge is -2.42. The van der Waals surface area contributed by atoms with E-state index in [9.17, 15) is 4.79 Å². The molecule has 2 heterocycles. The van der Waals surface area contributed by atoms with Crippen molar-refractivity contribution in [1.82, 2.24) is 9.80 Å². The van der Waals surface area contributed by atoms with Crippen LogP contribution in [0.3, 0.4) is 0 Å². The molecule has 4 rings (SSSR count). The zero-order valence-corrected chi connectivity index (χ0v) is 15.9. The number of carbonyl (C=O) groups is 1. The quantitative estimate of drug-likeness (QED) is 0.815. The Morgan fingerprint density at radius 3 is 2.80 bits per heavy atom. The highest BCUT2D eigenvalue weighted by Gasteiger charge is 2.35. The summed E-state index contributed by atoms with van der Waals surface area (Å²) in [7, 11) is 2.04. The first-order valence-corrected chi connectivity index (χ1v) is 10.6. The highest BCUT2D eigenvalue weighted by Crippen LogP contribution is 2.30. The predicted molar refractivity (Wildman–Crippen MR) is 105 cm³/mol. The third-order valence-corrected chi connectivity index (χ3v) is 7.00. The van der Waals surface area contributed by atoms with Crippen molar-refractivity contribution in [2.24, 2.45) is 0 Å². The van der Waals surface area contributed by atoms with Crippen molar-refractivity contribution in [3.05, 3.63) is 35.2 Å². The van der Waals surface area contributed by atoms with Crippen LogP contribution in [0.15, 0.2) is 29.6 Å². The molecule has 2 fully saturated rings. The zero-order valence-electron chi connectivity index (χ0n) is 15.1. The lowest BCUT2D eigenvalue weighted by Crippen LogP contribution is -2.53. The Kier molecular flexibility index (Phi) is 5.09. The van der Waals surface area contributed by atoms with Gasteiger partial charge in [-0.15, -0.1) is 11.3 Å². The molecule has 0 N–H and O–H groups in total. The Morgan fingerprint density at radius 1 is 1.16 bits per heavy atom. The monoisotopic (exact) mass is 356 g/mol. The van der Waals surface area contributed by atoms with Gasteiger partial charge in [-0.2, -0.15) is 0 Å². The van der Waals surface area contributed by atoms with E-state index in [0.717, 1.165) is 6.42 Å². The Bertz CT molecular complexity index is 734. The van der Waals surface area contributed by atoms with Crippen LogP contribution in [0.1, 0.15) is 44.1 Å². The smallest absolute Gasteiger partial charge is 0.227 e. The van der Waals surface area contributed by atoms with Gasteiger partial charge in [-0.3, -0.25) is 9.69 Å². The summed E-state index contributed by atoms with van der Waals surface area (Å²) in [4.78, 5) is 17.8. The number of benzene rings is 1. The molecule has 1 saturated heterocycles. The molecule has 1 aliphatic carbocycles. The second kappa shape index (κ2) is 7.46. The molecule has 3 nitrogen and oxygen atoms in total. The average Bonchev–Trinajstić information content (AvgIpc) is 3.33. The summed E-state index contributed by atoms with van der Waals surface area (Å²) in [5.74, 6) is 0.273. The van der Waals surface area contributed by atoms with E-state index in [2.05, 4.69) is 39.4 Å². The average molecular weight is 357 g/mol. The second-order valence-corrected chi connectivity index (χ2v) is 8.54. The maximum atomic E-state index is 13.0. The number of thiophene rings is 1. The van der Waals surface area contributed by atoms with Crippen LogP contribution in [0, 0.1) is 0 Å². The van der Waals surface area contributed by atoms with Crippen molar-refractivity contribution in [3.63, 3.8) is 0 Å². The fraction of sp³-hybridized carbons (Fsp3) is 0.571. The number of nitrogens with zero attached hydrogens (tertiary/aromatic N) is 2. The van der Waals surface area contributed by atoms with Gasteiger partial charge >= 0.3 is 0 Å². The van der Waals surface area contributed by atoms with Crippen LogP contribution in [-0.2, 0) is 11.2 Å². The Hall–Kier alpha value is -1.39. The van der Waals surface area contributed by atoms with Crippen LogP contribution < -0.4 is 0 Å². The number of likely N-dealkylation sites (N-methyl/N-ethyl adjacent to an activating group) is 1. The maximum Gasteiger partial charge on any atom is 0.227 e. The summed E-state index contributed by atoms with van der Waals surface area (Å²) in [6.07, 6.45) is 8.14. The van der Waals surface area contributed by atoms with Gasteiger partial charge < -0.3 is 4.90 Å². The van der Waals surface area contributed by atoms with E-state index in [0.29, 0.717) is 18.5 Å². The molecule has 0 unspecified atom stereocenters. The number of fused-ring (bicyclic) bond motifs is 1. The molecule has 0 bridgehead atoms. The molecular weight excluding hydrogens is 328 g/mol. The van der Waals surface area contributed by atoms with Gasteiger partial charge in [0.2, 0.25) is 5.91 Å². The molecule has 0 radical (unpaired) electrons. The second-order valence-electron chi connectivity index (χ2n) is 7.59. The van der Waals surface area contributed by atoms with Gasteiger partial charge in [0.1, 0.15) is 0 Å². The zero-order chi connectivity index (χ0) is 17.2. The molecule has 1 saturated carbocycles. The number of hydrogen-bond acceptors (Lipinski definition) is 3. The van der Waals surface area contributed by atoms with E-state index < -0.39 is 0 Å². The third-order valence-electron chi connectivity index (χ3n) is 6.12. The summed E-state index contributed by atoms with van der Waals surface area (Å²) < 4.78 is 1.28. The Morgan fingerprint density at radius 2 is 1.96 bits per heavy atom. The largest absolute Gasteiger partial charge is 0.341 e. The van der Waals surface area contributed by atoms with Crippen molar-refractivity contribution in [3.8, 4) is 0 Å². The van der Waals surface area contributed by atoms with Crippen molar-refractivity contribution in [2.75, 3.05) is 20.1 Å². The van der Waals surface area contributed by atoms with Crippen molar-refractivity contribution >= 4 is 27.3 Å². The number of likely N-dealkylation sites (tertiary alicyclic amines) is 1. The van der Waals surface area contributed by atoms with E-state index in [-0.39, 0.29) is 5.91 Å². The molecule has 1 aliphatic heterocycles. The highest BCUT2D eigenvalue weighted by atomic mass is 32.1. The van der Waals surface area contributed by atoms with Crippen LogP contribution in [0.4, 0.5) is 0 Å². The van der Waals surface area contributed by atoms with Gasteiger partial charge in [-0.25, -0.2) is 0 Å². The van der Waals surface area contributed by atoms with Crippen LogP contribution in [0.25, 0.3) is 10.1 Å². The summed E-state index contributed by atoms with van der Waals surface area (Å²) in [6.45, 7) is 2.44. The lowest BCUT2D eigenvalue weighted by atomic mass is 9.88. The molecule has 0 spiro atoms. The first-order chi connectivity index (χ1) is 12.2. The van der Waals surface area contributed by atoms with Crippen LogP contribution in [-0.4, -0.2) is 47.9 Å². The molecule has 134 valence electrons. The number of rotatable bonds is 4. The molecule has 4 heteroatoms. The van der Waals surface area contributed by atoms with E-state index in [1.165, 1.54) is 60.8 Å². The van der Waals surface area contributed by atoms with E-state index in [1.807, 2.05) is 7.05 Å². The molecular formula is C21H28N2OS. The van der Waals surface area contributed by atoms with E-state index in [1.54, 1.807) is 11.3 Å². The van der Waals surface area contributed by atoms with Gasteiger partial charge in [-0.05, 0) is 67.2 Å². The fourth-order valence-corrected chi connectivity index (χ4v) is 5.56. The molecule has 2 atom stereocenters. The molecule has 25 heavy (non-hydrogen) atoms. The maximum absolute atomic E-state index is 13.0. The van der Waals surface area contributed by atoms with Crippen molar-refractivity contribution in [1.29, 1.82) is 0 Å². The lowest BCUT2D eigenvalue weighted by molar-refractivity contribution is -0.133. The van der Waals surface area contributed by atoms with Crippen LogP contribution >= 0.6 is 11.3 Å². The van der Waals surface area contributed by atoms with Crippen molar-refractivity contribution < 1.29 is 4.79 Å². The summed E-state index contributed by atoms with van der Waals surface area (Å²) >= 11 is 1.75. The van der Waals surface area contributed by atoms with Gasteiger partial charge in [0, 0.05) is 23.8 Å². The van der Waals surface area contributed by atoms with Gasteiger partial charge in [-0.1, -0.05) is 25.0 Å². The summed E-state index contributed by atoms with van der Waals surface area (Å²) in [5, 5.41) is 3.36. The molecule has 1 amide bonds. The SMILES string of the molecule is CN(C(=O)Cc1cccc2sccc12)[C@@H]1CCCC[C@H]1N1CCCC1. The first kappa shape index (κ1) is 17.0. The van der Waals surface area contributed by atoms with E-state index in [4.69, 9.17) is 0 Å². The number of hydrogen-bond donors (Lipinski definition) is 0. The predicted octanol–water partition coefficient (Wildman–Crippen LogP) is 4.31. The topological polar surface area (TPSA) is 23.6 Å². The minimum absolute atomic E-state index is 0.273. The number of amides is 1. The van der Waals surface area contributed by atoms with Gasteiger partial charge in [0.25, 0.3) is 0 Å². The third kappa shape index (κ3) is 3.47.